The van der Waals surface area contributed by atoms with Crippen LogP contribution in [0.2, 0.25) is 0 Å². The van der Waals surface area contributed by atoms with Crippen LogP contribution in [-0.4, -0.2) is 35.7 Å². The summed E-state index contributed by atoms with van der Waals surface area (Å²) in [5.74, 6) is -1.21. The van der Waals surface area contributed by atoms with E-state index in [0.717, 1.165) is 19.4 Å². The predicted molar refractivity (Wildman–Crippen MR) is 69.3 cm³/mol. The molecule has 1 aromatic rings. The number of carboxylic acids is 1. The Kier molecular flexibility index (Phi) is 4.16. The molecule has 2 N–H and O–H groups in total. The van der Waals surface area contributed by atoms with Gasteiger partial charge in [-0.1, -0.05) is 0 Å². The molecule has 0 radical (unpaired) electrons. The van der Waals surface area contributed by atoms with Gasteiger partial charge in [-0.3, -0.25) is 4.79 Å². The number of nitrogens with one attached hydrogen (secondary N) is 1. The van der Waals surface area contributed by atoms with Crippen molar-refractivity contribution in [1.29, 1.82) is 0 Å². The molecule has 0 aliphatic carbocycles. The lowest BCUT2D eigenvalue weighted by Gasteiger charge is -2.20. The summed E-state index contributed by atoms with van der Waals surface area (Å²) in [5.41, 5.74) is 0.624. The average Bonchev–Trinajstić information content (AvgIpc) is 2.92. The van der Waals surface area contributed by atoms with Crippen LogP contribution in [0.1, 0.15) is 40.5 Å². The second kappa shape index (κ2) is 5.84. The van der Waals surface area contributed by atoms with E-state index >= 15 is 0 Å². The minimum atomic E-state index is -1.00. The van der Waals surface area contributed by atoms with Crippen LogP contribution < -0.4 is 5.32 Å². The molecular formula is C14H17NO4. The normalized spacial score (nSPS) is 19.9. The highest BCUT2D eigenvalue weighted by Gasteiger charge is 2.23. The fraction of sp³-hybridized carbons (Fsp3) is 0.429. The van der Waals surface area contributed by atoms with Gasteiger partial charge in [0.05, 0.1) is 17.7 Å². The van der Waals surface area contributed by atoms with Crippen LogP contribution in [0.5, 0.6) is 0 Å². The Bertz CT molecular complexity index is 463. The molecule has 1 aliphatic rings. The van der Waals surface area contributed by atoms with Crippen LogP contribution in [0.15, 0.2) is 24.3 Å². The van der Waals surface area contributed by atoms with E-state index in [1.54, 1.807) is 0 Å². The van der Waals surface area contributed by atoms with Gasteiger partial charge in [0.1, 0.15) is 0 Å². The number of hydrogen-bond acceptors (Lipinski definition) is 3. The van der Waals surface area contributed by atoms with Gasteiger partial charge in [0.2, 0.25) is 0 Å². The smallest absolute Gasteiger partial charge is 0.335 e. The number of amides is 1. The number of ether oxygens (including phenoxy) is 1. The highest BCUT2D eigenvalue weighted by Crippen LogP contribution is 2.15. The first kappa shape index (κ1) is 13.5. The van der Waals surface area contributed by atoms with Crippen molar-refractivity contribution in [3.8, 4) is 0 Å². The maximum absolute atomic E-state index is 12.0. The molecule has 0 aromatic heterocycles. The monoisotopic (exact) mass is 263 g/mol. The van der Waals surface area contributed by atoms with Crippen molar-refractivity contribution in [2.75, 3.05) is 6.61 Å². The molecule has 1 aromatic carbocycles. The quantitative estimate of drug-likeness (QED) is 0.866. The minimum absolute atomic E-state index is 0.0471. The molecule has 102 valence electrons. The van der Waals surface area contributed by atoms with E-state index in [1.807, 2.05) is 6.92 Å². The van der Waals surface area contributed by atoms with E-state index in [1.165, 1.54) is 24.3 Å². The topological polar surface area (TPSA) is 75.6 Å². The standard InChI is InChI=1S/C14H17NO4/c1-9(12-3-2-8-19-12)15-13(16)10-4-6-11(7-5-10)14(17)18/h4-7,9,12H,2-3,8H2,1H3,(H,15,16)(H,17,18). The summed E-state index contributed by atoms with van der Waals surface area (Å²) in [6.45, 7) is 2.66. The highest BCUT2D eigenvalue weighted by molar-refractivity contribution is 5.96. The van der Waals surface area contributed by atoms with Gasteiger partial charge in [0, 0.05) is 12.2 Å². The highest BCUT2D eigenvalue weighted by atomic mass is 16.5. The van der Waals surface area contributed by atoms with E-state index < -0.39 is 5.97 Å². The summed E-state index contributed by atoms with van der Waals surface area (Å²) in [6.07, 6.45) is 2.06. The summed E-state index contributed by atoms with van der Waals surface area (Å²) in [6, 6.07) is 5.83. The molecule has 2 unspecified atom stereocenters. The Labute approximate surface area is 111 Å². The Morgan fingerprint density at radius 3 is 2.47 bits per heavy atom. The second-order valence-electron chi connectivity index (χ2n) is 4.70. The van der Waals surface area contributed by atoms with Gasteiger partial charge in [-0.05, 0) is 44.0 Å². The lowest BCUT2D eigenvalue weighted by molar-refractivity contribution is 0.0693. The van der Waals surface area contributed by atoms with Gasteiger partial charge in [-0.25, -0.2) is 4.79 Å². The first-order chi connectivity index (χ1) is 9.08. The van der Waals surface area contributed by atoms with Crippen LogP contribution in [0, 0.1) is 0 Å². The second-order valence-corrected chi connectivity index (χ2v) is 4.70. The third kappa shape index (κ3) is 3.32. The van der Waals surface area contributed by atoms with Gasteiger partial charge in [0.25, 0.3) is 5.91 Å². The first-order valence-electron chi connectivity index (χ1n) is 6.34. The molecule has 1 fully saturated rings. The van der Waals surface area contributed by atoms with E-state index in [-0.39, 0.29) is 23.6 Å². The Hall–Kier alpha value is -1.88. The molecule has 0 bridgehead atoms. The lowest BCUT2D eigenvalue weighted by atomic mass is 10.1. The van der Waals surface area contributed by atoms with E-state index in [9.17, 15) is 9.59 Å². The average molecular weight is 263 g/mol. The van der Waals surface area contributed by atoms with Crippen molar-refractivity contribution in [2.24, 2.45) is 0 Å². The minimum Gasteiger partial charge on any atom is -0.478 e. The fourth-order valence-electron chi connectivity index (χ4n) is 2.14. The van der Waals surface area contributed by atoms with Gasteiger partial charge in [-0.2, -0.15) is 0 Å². The number of rotatable bonds is 4. The van der Waals surface area contributed by atoms with Crippen molar-refractivity contribution < 1.29 is 19.4 Å². The number of carbonyl (C=O) groups is 2. The molecule has 1 saturated heterocycles. The molecule has 2 rings (SSSR count). The molecule has 1 aliphatic heterocycles. The van der Waals surface area contributed by atoms with Crippen molar-refractivity contribution in [1.82, 2.24) is 5.32 Å². The van der Waals surface area contributed by atoms with Crippen molar-refractivity contribution in [2.45, 2.75) is 31.9 Å². The molecule has 2 atom stereocenters. The third-order valence-corrected chi connectivity index (χ3v) is 3.28. The largest absolute Gasteiger partial charge is 0.478 e. The summed E-state index contributed by atoms with van der Waals surface area (Å²) in [5, 5.41) is 11.7. The Morgan fingerprint density at radius 1 is 1.32 bits per heavy atom. The van der Waals surface area contributed by atoms with Crippen molar-refractivity contribution >= 4 is 11.9 Å². The third-order valence-electron chi connectivity index (χ3n) is 3.28. The predicted octanol–water partition coefficient (Wildman–Crippen LogP) is 1.68. The van der Waals surface area contributed by atoms with Crippen molar-refractivity contribution in [3.05, 3.63) is 35.4 Å². The molecule has 1 amide bonds. The van der Waals surface area contributed by atoms with E-state index in [4.69, 9.17) is 9.84 Å². The zero-order valence-corrected chi connectivity index (χ0v) is 10.8. The van der Waals surface area contributed by atoms with Crippen molar-refractivity contribution in [3.63, 3.8) is 0 Å². The van der Waals surface area contributed by atoms with Crippen LogP contribution in [0.25, 0.3) is 0 Å². The van der Waals surface area contributed by atoms with E-state index in [2.05, 4.69) is 5.32 Å². The first-order valence-corrected chi connectivity index (χ1v) is 6.34. The maximum Gasteiger partial charge on any atom is 0.335 e. The molecule has 0 spiro atoms. The number of benzene rings is 1. The number of carbonyl (C=O) groups excluding carboxylic acids is 1. The molecule has 5 nitrogen and oxygen atoms in total. The lowest BCUT2D eigenvalue weighted by Crippen LogP contribution is -2.40. The van der Waals surface area contributed by atoms with Gasteiger partial charge in [0.15, 0.2) is 0 Å². The number of carboxylic acid groups (broad SMARTS) is 1. The Balaban J connectivity index is 1.97. The SMILES string of the molecule is CC(NC(=O)c1ccc(C(=O)O)cc1)C1CCCO1. The maximum atomic E-state index is 12.0. The van der Waals surface area contributed by atoms with Crippen LogP contribution in [-0.2, 0) is 4.74 Å². The molecule has 5 heteroatoms. The van der Waals surface area contributed by atoms with Gasteiger partial charge in [-0.15, -0.1) is 0 Å². The summed E-state index contributed by atoms with van der Waals surface area (Å²) in [7, 11) is 0. The van der Waals surface area contributed by atoms with Crippen LogP contribution >= 0.6 is 0 Å². The molecule has 1 heterocycles. The van der Waals surface area contributed by atoms with Crippen LogP contribution in [0.3, 0.4) is 0 Å². The fourth-order valence-corrected chi connectivity index (χ4v) is 2.14. The summed E-state index contributed by atoms with van der Waals surface area (Å²) >= 11 is 0. The zero-order chi connectivity index (χ0) is 13.8. The molecule has 19 heavy (non-hydrogen) atoms. The number of aromatic carboxylic acids is 1. The van der Waals surface area contributed by atoms with E-state index in [0.29, 0.717) is 5.56 Å². The zero-order valence-electron chi connectivity index (χ0n) is 10.8. The van der Waals surface area contributed by atoms with Gasteiger partial charge < -0.3 is 15.2 Å². The Morgan fingerprint density at radius 2 is 1.95 bits per heavy atom. The summed E-state index contributed by atoms with van der Waals surface area (Å²) in [4.78, 5) is 22.7. The number of hydrogen-bond donors (Lipinski definition) is 2. The molecular weight excluding hydrogens is 246 g/mol. The van der Waals surface area contributed by atoms with Gasteiger partial charge >= 0.3 is 5.97 Å². The summed E-state index contributed by atoms with van der Waals surface area (Å²) < 4.78 is 5.51. The molecule has 0 saturated carbocycles. The van der Waals surface area contributed by atoms with Crippen LogP contribution in [0.4, 0.5) is 0 Å².